The normalized spacial score (nSPS) is 23.0. The highest BCUT2D eigenvalue weighted by atomic mass is 32.2. The molecule has 3 aliphatic rings. The van der Waals surface area contributed by atoms with Gasteiger partial charge in [-0.05, 0) is 19.1 Å². The lowest BCUT2D eigenvalue weighted by Gasteiger charge is -2.32. The van der Waals surface area contributed by atoms with Crippen molar-refractivity contribution in [2.75, 3.05) is 42.7 Å². The predicted octanol–water partition coefficient (Wildman–Crippen LogP) is 2.16. The van der Waals surface area contributed by atoms with Crippen LogP contribution in [0.5, 0.6) is 5.75 Å². The van der Waals surface area contributed by atoms with E-state index in [0.717, 1.165) is 41.8 Å². The lowest BCUT2D eigenvalue weighted by molar-refractivity contribution is 0.0918. The third kappa shape index (κ3) is 3.62. The van der Waals surface area contributed by atoms with Gasteiger partial charge < -0.3 is 20.3 Å². The van der Waals surface area contributed by atoms with Crippen LogP contribution in [0.15, 0.2) is 23.1 Å². The van der Waals surface area contributed by atoms with Crippen LogP contribution in [0.3, 0.4) is 0 Å². The average molecular weight is 450 g/mol. The molecule has 10 heteroatoms. The fraction of sp³-hybridized carbons (Fsp3) is 0.450. The molecule has 7 nitrogen and oxygen atoms in total. The first-order valence-corrected chi connectivity index (χ1v) is 11.8. The quantitative estimate of drug-likeness (QED) is 0.620. The zero-order chi connectivity index (χ0) is 20.8. The minimum Gasteiger partial charge on any atom is -0.491 e. The summed E-state index contributed by atoms with van der Waals surface area (Å²) in [5.41, 5.74) is 1.37. The van der Waals surface area contributed by atoms with Crippen LogP contribution in [-0.2, 0) is 6.42 Å². The summed E-state index contributed by atoms with van der Waals surface area (Å²) in [5, 5.41) is 9.05. The maximum Gasteiger partial charge on any atom is 0.261 e. The molecule has 1 saturated heterocycles. The van der Waals surface area contributed by atoms with Gasteiger partial charge in [0.25, 0.3) is 5.91 Å². The van der Waals surface area contributed by atoms with Crippen molar-refractivity contribution in [1.29, 1.82) is 0 Å². The number of nitrogens with one attached hydrogen (secondary N) is 2. The van der Waals surface area contributed by atoms with E-state index in [-0.39, 0.29) is 23.1 Å². The number of nitrogens with zero attached hydrogens (tertiary/aromatic N) is 2. The summed E-state index contributed by atoms with van der Waals surface area (Å²) in [5.74, 6) is 6.17. The number of thiophene rings is 1. The first-order chi connectivity index (χ1) is 14.5. The zero-order valence-electron chi connectivity index (χ0n) is 16.6. The lowest BCUT2D eigenvalue weighted by Crippen LogP contribution is -2.44. The van der Waals surface area contributed by atoms with Gasteiger partial charge in [0.15, 0.2) is 0 Å². The molecule has 1 amide bonds. The molecule has 160 valence electrons. The topological polar surface area (TPSA) is 82.9 Å². The Balaban J connectivity index is 1.27. The second-order valence-electron chi connectivity index (χ2n) is 7.73. The van der Waals surface area contributed by atoms with Gasteiger partial charge >= 0.3 is 0 Å². The Hall–Kier alpha value is -2.01. The van der Waals surface area contributed by atoms with E-state index in [1.807, 2.05) is 19.1 Å². The molecule has 1 aromatic heterocycles. The molecule has 0 bridgehead atoms. The summed E-state index contributed by atoms with van der Waals surface area (Å²) in [6.45, 7) is 5.81. The van der Waals surface area contributed by atoms with E-state index < -0.39 is 0 Å². The molecule has 4 heterocycles. The third-order valence-electron chi connectivity index (χ3n) is 5.67. The number of piperazine rings is 1. The van der Waals surface area contributed by atoms with Crippen LogP contribution >= 0.6 is 23.1 Å². The second kappa shape index (κ2) is 7.92. The van der Waals surface area contributed by atoms with Crippen molar-refractivity contribution >= 4 is 39.7 Å². The summed E-state index contributed by atoms with van der Waals surface area (Å²) in [6, 6.07) is 5.10. The van der Waals surface area contributed by atoms with Crippen LogP contribution in [0.1, 0.15) is 22.2 Å². The predicted molar refractivity (Wildman–Crippen MR) is 118 cm³/mol. The van der Waals surface area contributed by atoms with E-state index in [1.165, 1.54) is 11.3 Å². The molecule has 1 fully saturated rings. The number of amides is 1. The number of carbonyl (C=O) groups excluding carboxylic acids is 1. The smallest absolute Gasteiger partial charge is 0.261 e. The van der Waals surface area contributed by atoms with Crippen LogP contribution in [-0.4, -0.2) is 50.1 Å². The Morgan fingerprint density at radius 2 is 2.13 bits per heavy atom. The number of anilines is 2. The summed E-state index contributed by atoms with van der Waals surface area (Å²) >= 11 is 3.02. The van der Waals surface area contributed by atoms with Crippen molar-refractivity contribution in [1.82, 2.24) is 10.6 Å². The molecule has 0 spiro atoms. The van der Waals surface area contributed by atoms with Crippen molar-refractivity contribution < 1.29 is 13.9 Å². The highest BCUT2D eigenvalue weighted by Gasteiger charge is 2.31. The molecule has 4 N–H and O–H groups in total. The Labute approximate surface area is 182 Å². The maximum atomic E-state index is 14.9. The molecular formula is C20H24FN5O2S2. The second-order valence-corrected chi connectivity index (χ2v) is 10.1. The molecule has 2 atom stereocenters. The molecular weight excluding hydrogens is 425 g/mol. The number of fused-ring (bicyclic) bond motifs is 2. The number of rotatable bonds is 3. The molecule has 0 saturated carbocycles. The van der Waals surface area contributed by atoms with Crippen LogP contribution < -0.4 is 31.1 Å². The van der Waals surface area contributed by atoms with Crippen LogP contribution in [0.2, 0.25) is 0 Å². The minimum absolute atomic E-state index is 0.167. The summed E-state index contributed by atoms with van der Waals surface area (Å²) in [6.07, 6.45) is 0.411. The van der Waals surface area contributed by atoms with Gasteiger partial charge in [0.1, 0.15) is 23.2 Å². The molecule has 0 radical (unpaired) electrons. The van der Waals surface area contributed by atoms with E-state index in [1.54, 1.807) is 22.8 Å². The molecule has 30 heavy (non-hydrogen) atoms. The van der Waals surface area contributed by atoms with E-state index in [9.17, 15) is 9.18 Å². The van der Waals surface area contributed by atoms with E-state index in [2.05, 4.69) is 15.5 Å². The first kappa shape index (κ1) is 19.9. The van der Waals surface area contributed by atoms with Crippen LogP contribution in [0.25, 0.3) is 0 Å². The molecule has 1 aromatic carbocycles. The van der Waals surface area contributed by atoms with Crippen molar-refractivity contribution in [2.45, 2.75) is 29.7 Å². The number of hydrogen-bond acceptors (Lipinski definition) is 8. The maximum absolute atomic E-state index is 14.9. The minimum atomic E-state index is -0.278. The summed E-state index contributed by atoms with van der Waals surface area (Å²) in [7, 11) is 0. The highest BCUT2D eigenvalue weighted by Crippen LogP contribution is 2.46. The van der Waals surface area contributed by atoms with Gasteiger partial charge in [0, 0.05) is 54.8 Å². The summed E-state index contributed by atoms with van der Waals surface area (Å²) < 4.78 is 20.7. The van der Waals surface area contributed by atoms with Gasteiger partial charge in [-0.25, -0.2) is 10.2 Å². The fourth-order valence-electron chi connectivity index (χ4n) is 4.02. The van der Waals surface area contributed by atoms with E-state index >= 15 is 0 Å². The largest absolute Gasteiger partial charge is 0.491 e. The first-order valence-electron chi connectivity index (χ1n) is 10.1. The molecule has 2 aromatic rings. The Kier molecular flexibility index (Phi) is 5.26. The number of benzene rings is 1. The van der Waals surface area contributed by atoms with E-state index in [0.29, 0.717) is 29.2 Å². The molecule has 3 aliphatic heterocycles. The van der Waals surface area contributed by atoms with Gasteiger partial charge in [-0.3, -0.25) is 9.80 Å². The molecule has 5 rings (SSSR count). The van der Waals surface area contributed by atoms with Crippen LogP contribution in [0, 0.1) is 5.82 Å². The number of hydrazine groups is 1. The van der Waals surface area contributed by atoms with Crippen LogP contribution in [0.4, 0.5) is 15.1 Å². The van der Waals surface area contributed by atoms with Gasteiger partial charge in [0.05, 0.1) is 16.3 Å². The highest BCUT2D eigenvalue weighted by molar-refractivity contribution is 8.00. The Bertz CT molecular complexity index is 978. The van der Waals surface area contributed by atoms with Gasteiger partial charge in [0.2, 0.25) is 0 Å². The van der Waals surface area contributed by atoms with Crippen molar-refractivity contribution in [3.05, 3.63) is 34.5 Å². The third-order valence-corrected chi connectivity index (χ3v) is 8.08. The zero-order valence-corrected chi connectivity index (χ0v) is 18.2. The standard InChI is InChI=1S/C20H24FN5O2S2/c1-11-26(22)20-18(29-11)9-17(30-20)19(27)24-12-6-14-15(21)7-13(8-16(14)28-10-12)25-4-2-23-3-5-25/h7-9,11-12,23H,2-6,10,22H2,1H3,(H,24,27)/t11-,12?/m1/s1. The summed E-state index contributed by atoms with van der Waals surface area (Å²) in [4.78, 5) is 16.5. The number of carbonyl (C=O) groups is 1. The molecule has 1 unspecified atom stereocenters. The van der Waals surface area contributed by atoms with Gasteiger partial charge in [-0.1, -0.05) is 11.8 Å². The fourth-order valence-corrected chi connectivity index (χ4v) is 6.37. The Morgan fingerprint density at radius 3 is 2.90 bits per heavy atom. The number of nitrogens with two attached hydrogens (primary N) is 1. The van der Waals surface area contributed by atoms with E-state index in [4.69, 9.17) is 10.6 Å². The van der Waals surface area contributed by atoms with Gasteiger partial charge in [-0.15, -0.1) is 11.3 Å². The van der Waals surface area contributed by atoms with Crippen molar-refractivity contribution in [2.24, 2.45) is 5.84 Å². The Morgan fingerprint density at radius 1 is 1.33 bits per heavy atom. The van der Waals surface area contributed by atoms with Crippen molar-refractivity contribution in [3.63, 3.8) is 0 Å². The monoisotopic (exact) mass is 449 g/mol. The number of hydrogen-bond donors (Lipinski definition) is 3. The number of halogens is 1. The van der Waals surface area contributed by atoms with Crippen molar-refractivity contribution in [3.8, 4) is 5.75 Å². The lowest BCUT2D eigenvalue weighted by atomic mass is 10.0. The van der Waals surface area contributed by atoms with Gasteiger partial charge in [-0.2, -0.15) is 0 Å². The SMILES string of the molecule is C[C@H]1Sc2cc(C(=O)NC3COc4cc(N5CCNCC5)cc(F)c4C3)sc2N1N. The average Bonchev–Trinajstić information content (AvgIpc) is 3.28. The number of ether oxygens (including phenoxy) is 1. The molecule has 0 aliphatic carbocycles. The number of thioether (sulfide) groups is 1.